The molecule has 0 spiro atoms. The topological polar surface area (TPSA) is 88.1 Å². The molecule has 2 aliphatic heterocycles. The van der Waals surface area contributed by atoms with E-state index in [0.29, 0.717) is 18.8 Å². The van der Waals surface area contributed by atoms with E-state index in [1.165, 1.54) is 4.90 Å². The van der Waals surface area contributed by atoms with Crippen molar-refractivity contribution in [1.29, 1.82) is 5.26 Å². The van der Waals surface area contributed by atoms with Crippen molar-refractivity contribution < 1.29 is 4.74 Å². The summed E-state index contributed by atoms with van der Waals surface area (Å²) in [5.41, 5.74) is 10.5. The minimum absolute atomic E-state index is 0.277. The molecule has 1 aromatic carbocycles. The van der Waals surface area contributed by atoms with Crippen LogP contribution in [0.15, 0.2) is 35.4 Å². The number of aromatic nitrogens is 2. The molecule has 0 unspecified atom stereocenters. The average molecular weight is 408 g/mol. The minimum atomic E-state index is 0.277. The SMILES string of the molecule is N#Cc1c(N)nc2c(c1-c1cnc(N3CCOCC3)s1)CSc1ccccc1-2. The first kappa shape index (κ1) is 17.5. The molecule has 140 valence electrons. The van der Waals surface area contributed by atoms with Gasteiger partial charge in [0.05, 0.1) is 23.8 Å². The molecule has 0 bridgehead atoms. The first-order valence-corrected chi connectivity index (χ1v) is 10.8. The molecule has 0 amide bonds. The number of thioether (sulfide) groups is 1. The first-order chi connectivity index (χ1) is 13.8. The van der Waals surface area contributed by atoms with E-state index in [1.807, 2.05) is 18.3 Å². The summed E-state index contributed by atoms with van der Waals surface area (Å²) in [6.45, 7) is 3.09. The molecule has 8 heteroatoms. The molecule has 0 radical (unpaired) electrons. The fraction of sp³-hybridized carbons (Fsp3) is 0.250. The van der Waals surface area contributed by atoms with Crippen LogP contribution in [0, 0.1) is 11.3 Å². The second-order valence-corrected chi connectivity index (χ2v) is 8.60. The largest absolute Gasteiger partial charge is 0.383 e. The van der Waals surface area contributed by atoms with Crippen LogP contribution in [-0.2, 0) is 10.5 Å². The van der Waals surface area contributed by atoms with E-state index in [9.17, 15) is 5.26 Å². The average Bonchev–Trinajstić information content (AvgIpc) is 3.23. The molecule has 2 aromatic heterocycles. The quantitative estimate of drug-likeness (QED) is 0.692. The van der Waals surface area contributed by atoms with Gasteiger partial charge in [-0.2, -0.15) is 5.26 Å². The van der Waals surface area contributed by atoms with Crippen LogP contribution >= 0.6 is 23.1 Å². The summed E-state index contributed by atoms with van der Waals surface area (Å²) in [5, 5.41) is 10.7. The van der Waals surface area contributed by atoms with Gasteiger partial charge in [-0.3, -0.25) is 0 Å². The van der Waals surface area contributed by atoms with E-state index in [4.69, 9.17) is 10.5 Å². The number of nitrogens with two attached hydrogens (primary N) is 1. The highest BCUT2D eigenvalue weighted by Gasteiger charge is 2.27. The lowest BCUT2D eigenvalue weighted by atomic mass is 9.96. The number of hydrogen-bond donors (Lipinski definition) is 1. The molecule has 2 aliphatic rings. The Kier molecular flexibility index (Phi) is 4.43. The third kappa shape index (κ3) is 2.83. The molecule has 3 aromatic rings. The predicted octanol–water partition coefficient (Wildman–Crippen LogP) is 3.77. The molecule has 1 fully saturated rings. The fourth-order valence-corrected chi connectivity index (χ4v) is 5.73. The third-order valence-corrected chi connectivity index (χ3v) is 7.15. The van der Waals surface area contributed by atoms with Gasteiger partial charge in [-0.05, 0) is 11.6 Å². The number of benzene rings is 1. The van der Waals surface area contributed by atoms with Crippen molar-refractivity contribution >= 4 is 34.0 Å². The molecule has 6 nitrogen and oxygen atoms in total. The van der Waals surface area contributed by atoms with Gasteiger partial charge in [-0.25, -0.2) is 9.97 Å². The number of nitrogens with zero attached hydrogens (tertiary/aromatic N) is 4. The van der Waals surface area contributed by atoms with E-state index in [1.54, 1.807) is 23.1 Å². The van der Waals surface area contributed by atoms with Crippen molar-refractivity contribution in [3.05, 3.63) is 41.6 Å². The molecular formula is C20H17N5OS2. The van der Waals surface area contributed by atoms with Gasteiger partial charge >= 0.3 is 0 Å². The molecular weight excluding hydrogens is 390 g/mol. The summed E-state index contributed by atoms with van der Waals surface area (Å²) in [6.07, 6.45) is 1.86. The van der Waals surface area contributed by atoms with Crippen molar-refractivity contribution in [1.82, 2.24) is 9.97 Å². The standard InChI is InChI=1S/C20H17N5OS2/c21-9-13-17(16-10-23-20(28-16)25-5-7-26-8-6-25)14-11-27-15-4-2-1-3-12(15)18(14)24-19(13)22/h1-4,10H,5-8,11H2,(H2,22,24). The zero-order valence-corrected chi connectivity index (χ0v) is 16.6. The number of pyridine rings is 1. The van der Waals surface area contributed by atoms with Crippen LogP contribution in [-0.4, -0.2) is 36.3 Å². The van der Waals surface area contributed by atoms with Gasteiger partial charge in [-0.15, -0.1) is 11.8 Å². The maximum Gasteiger partial charge on any atom is 0.186 e. The number of rotatable bonds is 2. The highest BCUT2D eigenvalue weighted by molar-refractivity contribution is 7.98. The minimum Gasteiger partial charge on any atom is -0.383 e. The van der Waals surface area contributed by atoms with E-state index in [0.717, 1.165) is 51.2 Å². The van der Waals surface area contributed by atoms with Gasteiger partial charge in [0.25, 0.3) is 0 Å². The lowest BCUT2D eigenvalue weighted by Crippen LogP contribution is -2.36. The van der Waals surface area contributed by atoms with Gasteiger partial charge in [0, 0.05) is 41.1 Å². The number of ether oxygens (including phenoxy) is 1. The lowest BCUT2D eigenvalue weighted by Gasteiger charge is -2.26. The van der Waals surface area contributed by atoms with Gasteiger partial charge < -0.3 is 15.4 Å². The monoisotopic (exact) mass is 407 g/mol. The molecule has 0 aliphatic carbocycles. The van der Waals surface area contributed by atoms with Crippen molar-refractivity contribution in [3.63, 3.8) is 0 Å². The van der Waals surface area contributed by atoms with Crippen molar-refractivity contribution in [3.8, 4) is 27.8 Å². The maximum atomic E-state index is 9.79. The second-order valence-electron chi connectivity index (χ2n) is 6.58. The normalized spacial score (nSPS) is 15.6. The van der Waals surface area contributed by atoms with Crippen LogP contribution in [0.1, 0.15) is 11.1 Å². The molecule has 2 N–H and O–H groups in total. The first-order valence-electron chi connectivity index (χ1n) is 9.00. The Bertz CT molecular complexity index is 1100. The Balaban J connectivity index is 1.67. The molecule has 5 rings (SSSR count). The van der Waals surface area contributed by atoms with E-state index < -0.39 is 0 Å². The van der Waals surface area contributed by atoms with E-state index >= 15 is 0 Å². The number of thiazole rings is 1. The number of fused-ring (bicyclic) bond motifs is 3. The van der Waals surface area contributed by atoms with Crippen LogP contribution in [0.3, 0.4) is 0 Å². The Morgan fingerprint density at radius 2 is 2.04 bits per heavy atom. The van der Waals surface area contributed by atoms with Crippen molar-refractivity contribution in [2.75, 3.05) is 36.9 Å². The predicted molar refractivity (Wildman–Crippen MR) is 113 cm³/mol. The Labute approximate surface area is 171 Å². The number of hydrogen-bond acceptors (Lipinski definition) is 8. The van der Waals surface area contributed by atoms with Gasteiger partial charge in [0.1, 0.15) is 17.5 Å². The Hall–Kier alpha value is -2.60. The highest BCUT2D eigenvalue weighted by Crippen LogP contribution is 2.47. The Morgan fingerprint density at radius 3 is 2.86 bits per heavy atom. The molecule has 28 heavy (non-hydrogen) atoms. The van der Waals surface area contributed by atoms with Crippen LogP contribution in [0.2, 0.25) is 0 Å². The molecule has 0 saturated carbocycles. The number of anilines is 2. The number of morpholine rings is 1. The summed E-state index contributed by atoms with van der Waals surface area (Å²) in [6, 6.07) is 10.5. The summed E-state index contributed by atoms with van der Waals surface area (Å²) >= 11 is 3.37. The molecule has 1 saturated heterocycles. The third-order valence-electron chi connectivity index (χ3n) is 4.97. The summed E-state index contributed by atoms with van der Waals surface area (Å²) in [7, 11) is 0. The number of nitriles is 1. The zero-order chi connectivity index (χ0) is 19.1. The van der Waals surface area contributed by atoms with Crippen molar-refractivity contribution in [2.24, 2.45) is 0 Å². The van der Waals surface area contributed by atoms with Crippen molar-refractivity contribution in [2.45, 2.75) is 10.6 Å². The van der Waals surface area contributed by atoms with Crippen LogP contribution < -0.4 is 10.6 Å². The molecule has 4 heterocycles. The smallest absolute Gasteiger partial charge is 0.186 e. The van der Waals surface area contributed by atoms with Gasteiger partial charge in [0.15, 0.2) is 5.13 Å². The maximum absolute atomic E-state index is 9.79. The summed E-state index contributed by atoms with van der Waals surface area (Å²) in [4.78, 5) is 13.6. The summed E-state index contributed by atoms with van der Waals surface area (Å²) in [5.74, 6) is 1.04. The van der Waals surface area contributed by atoms with Crippen LogP contribution in [0.25, 0.3) is 21.7 Å². The fourth-order valence-electron chi connectivity index (χ4n) is 3.61. The van der Waals surface area contributed by atoms with Crippen LogP contribution in [0.5, 0.6) is 0 Å². The van der Waals surface area contributed by atoms with Crippen LogP contribution in [0.4, 0.5) is 10.9 Å². The zero-order valence-electron chi connectivity index (χ0n) is 15.0. The molecule has 0 atom stereocenters. The van der Waals surface area contributed by atoms with Gasteiger partial charge in [-0.1, -0.05) is 29.5 Å². The Morgan fingerprint density at radius 1 is 1.21 bits per heavy atom. The van der Waals surface area contributed by atoms with E-state index in [-0.39, 0.29) is 5.82 Å². The number of nitrogen functional groups attached to an aromatic ring is 1. The summed E-state index contributed by atoms with van der Waals surface area (Å²) < 4.78 is 5.44. The van der Waals surface area contributed by atoms with E-state index in [2.05, 4.69) is 33.1 Å². The second kappa shape index (κ2) is 7.09. The highest BCUT2D eigenvalue weighted by atomic mass is 32.2. The lowest BCUT2D eigenvalue weighted by molar-refractivity contribution is 0.122. The van der Waals surface area contributed by atoms with Gasteiger partial charge in [0.2, 0.25) is 0 Å².